The van der Waals surface area contributed by atoms with E-state index in [1.54, 1.807) is 12.1 Å². The summed E-state index contributed by atoms with van der Waals surface area (Å²) in [7, 11) is 0. The normalized spacial score (nSPS) is 18.6. The van der Waals surface area contributed by atoms with Crippen LogP contribution in [0, 0.1) is 17.3 Å². The van der Waals surface area contributed by atoms with Crippen LogP contribution in [0.1, 0.15) is 35.9 Å². The molecule has 1 nitrogen and oxygen atoms in total. The van der Waals surface area contributed by atoms with Gasteiger partial charge in [-0.2, -0.15) is 0 Å². The summed E-state index contributed by atoms with van der Waals surface area (Å²) in [6.07, 6.45) is 0. The monoisotopic (exact) mass is 298 g/mol. The summed E-state index contributed by atoms with van der Waals surface area (Å²) in [5.74, 6) is 5.27. The summed E-state index contributed by atoms with van der Waals surface area (Å²) in [6, 6.07) is 11.6. The maximum absolute atomic E-state index is 8.37. The molecule has 0 atom stereocenters. The Bertz CT molecular complexity index is 967. The number of allylic oxidation sites excluding steroid dienone is 1. The van der Waals surface area contributed by atoms with Gasteiger partial charge in [0.1, 0.15) is 0 Å². The number of hydrogen-bond donors (Lipinski definition) is 0. The van der Waals surface area contributed by atoms with E-state index >= 15 is 0 Å². The van der Waals surface area contributed by atoms with Crippen molar-refractivity contribution in [3.8, 4) is 11.8 Å². The Kier molecular flexibility index (Phi) is 3.04. The van der Waals surface area contributed by atoms with Crippen molar-refractivity contribution in [3.05, 3.63) is 60.1 Å². The van der Waals surface area contributed by atoms with Gasteiger partial charge in [0.15, 0.2) is 0 Å². The molecule has 0 aliphatic rings. The fourth-order valence-electron chi connectivity index (χ4n) is 1.99. The maximum Gasteiger partial charge on any atom is 0.0717 e. The minimum absolute atomic E-state index is 0.243. The van der Waals surface area contributed by atoms with Gasteiger partial charge in [0, 0.05) is 25.3 Å². The molecule has 0 spiro atoms. The Morgan fingerprint density at radius 2 is 2.00 bits per heavy atom. The summed E-state index contributed by atoms with van der Waals surface area (Å²) < 4.78 is 56.4. The van der Waals surface area contributed by atoms with Crippen molar-refractivity contribution in [3.63, 3.8) is 0 Å². The summed E-state index contributed by atoms with van der Waals surface area (Å²) in [4.78, 5) is 0.636. The molecule has 0 radical (unpaired) electrons. The molecule has 0 saturated carbocycles. The minimum atomic E-state index is -2.81. The Labute approximate surface area is 144 Å². The first kappa shape index (κ1) is 9.18. The lowest BCUT2D eigenvalue weighted by Gasteiger charge is -2.15. The zero-order valence-electron chi connectivity index (χ0n) is 20.2. The Morgan fingerprint density at radius 1 is 1.23 bits per heavy atom. The van der Waals surface area contributed by atoms with E-state index < -0.39 is 31.0 Å². The van der Waals surface area contributed by atoms with Crippen molar-refractivity contribution >= 4 is 10.8 Å². The van der Waals surface area contributed by atoms with Gasteiger partial charge in [-0.05, 0) is 50.1 Å². The lowest BCUT2D eigenvalue weighted by Crippen LogP contribution is -2.17. The van der Waals surface area contributed by atoms with Crippen LogP contribution >= 0.6 is 0 Å². The zero-order chi connectivity index (χ0) is 22.0. The van der Waals surface area contributed by atoms with Gasteiger partial charge in [-0.1, -0.05) is 60.4 Å². The lowest BCUT2D eigenvalue weighted by molar-refractivity contribution is 0.365. The molecular weight excluding hydrogens is 266 g/mol. The molecule has 114 valence electrons. The molecule has 2 aromatic carbocycles. The molecule has 0 heterocycles. The van der Waals surface area contributed by atoms with Gasteiger partial charge in [0.05, 0.1) is 2.74 Å². The molecule has 2 aromatic rings. The largest absolute Gasteiger partial charge is 0.298 e. The molecule has 0 bridgehead atoms. The fraction of sp³-hybridized carbons (Fsp3) is 0.333. The third-order valence-electron chi connectivity index (χ3n) is 2.96. The topological polar surface area (TPSA) is 3.24 Å². The van der Waals surface area contributed by atoms with Crippen LogP contribution < -0.4 is 0 Å². The highest BCUT2D eigenvalue weighted by molar-refractivity contribution is 5.85. The smallest absolute Gasteiger partial charge is 0.0717 e. The summed E-state index contributed by atoms with van der Waals surface area (Å²) in [5, 5.41) is 1.73. The molecule has 0 aromatic heterocycles. The number of hydrogen-bond acceptors (Lipinski definition) is 1. The quantitative estimate of drug-likeness (QED) is 0.727. The molecule has 0 amide bonds. The molecule has 2 rings (SSSR count). The maximum atomic E-state index is 8.37. The van der Waals surface area contributed by atoms with E-state index in [9.17, 15) is 0 Å². The second-order valence-electron chi connectivity index (χ2n) is 6.09. The second-order valence-corrected chi connectivity index (χ2v) is 6.09. The van der Waals surface area contributed by atoms with E-state index in [2.05, 4.69) is 11.8 Å². The number of likely N-dealkylation sites (N-methyl/N-ethyl adjacent to an activating group) is 1. The first-order valence-corrected chi connectivity index (χ1v) is 7.19. The molecule has 0 saturated heterocycles. The Hall–Kier alpha value is -2.04. The Balaban J connectivity index is 2.52. The van der Waals surface area contributed by atoms with Gasteiger partial charge in [0.25, 0.3) is 0 Å². The van der Waals surface area contributed by atoms with Crippen LogP contribution in [-0.2, 0) is 6.54 Å². The second kappa shape index (κ2) is 7.29. The van der Waals surface area contributed by atoms with Gasteiger partial charge in [0.2, 0.25) is 0 Å². The molecular formula is C21H25N. The Morgan fingerprint density at radius 3 is 2.77 bits per heavy atom. The van der Waals surface area contributed by atoms with E-state index in [0.29, 0.717) is 10.5 Å². The predicted molar refractivity (Wildman–Crippen MR) is 96.7 cm³/mol. The van der Waals surface area contributed by atoms with E-state index in [-0.39, 0.29) is 6.54 Å². The molecule has 0 N–H and O–H groups in total. The fourth-order valence-corrected chi connectivity index (χ4v) is 1.99. The first-order chi connectivity index (χ1) is 13.2. The number of rotatable bonds is 4. The van der Waals surface area contributed by atoms with Crippen molar-refractivity contribution in [1.82, 2.24) is 4.90 Å². The van der Waals surface area contributed by atoms with E-state index in [4.69, 9.17) is 9.60 Å². The molecule has 0 fully saturated rings. The van der Waals surface area contributed by atoms with Crippen molar-refractivity contribution in [2.75, 3.05) is 13.5 Å². The standard InChI is InChI=1S/C21H25N/c1-21(2,3)15-8-5-9-16-22(4)17-19-13-10-12-18-11-6-7-14-20(18)19/h5-7,9-14H,16-17H2,1-4H3/b9-5+/i4D3,5D,9D,16D2. The average molecular weight is 298 g/mol. The zero-order valence-corrected chi connectivity index (χ0v) is 13.2. The number of benzene rings is 2. The van der Waals surface area contributed by atoms with E-state index in [1.807, 2.05) is 51.1 Å². The van der Waals surface area contributed by atoms with E-state index in [1.165, 1.54) is 0 Å². The minimum Gasteiger partial charge on any atom is -0.298 e. The van der Waals surface area contributed by atoms with Gasteiger partial charge in [-0.3, -0.25) is 4.90 Å². The molecule has 1 heteroatoms. The number of fused-ring (bicyclic) bond motifs is 1. The van der Waals surface area contributed by atoms with Crippen LogP contribution in [0.4, 0.5) is 0 Å². The average Bonchev–Trinajstić information content (AvgIpc) is 2.61. The van der Waals surface area contributed by atoms with Gasteiger partial charge in [-0.25, -0.2) is 0 Å². The number of nitrogens with zero attached hydrogens (tertiary/aromatic N) is 1. The molecule has 0 unspecified atom stereocenters. The van der Waals surface area contributed by atoms with Crippen LogP contribution in [0.5, 0.6) is 0 Å². The van der Waals surface area contributed by atoms with Crippen molar-refractivity contribution < 1.29 is 9.60 Å². The highest BCUT2D eigenvalue weighted by Gasteiger charge is 2.03. The van der Waals surface area contributed by atoms with Gasteiger partial charge in [-0.15, -0.1) is 0 Å². The van der Waals surface area contributed by atoms with Crippen LogP contribution in [-0.4, -0.2) is 18.4 Å². The van der Waals surface area contributed by atoms with Crippen molar-refractivity contribution in [1.29, 1.82) is 0 Å². The molecule has 22 heavy (non-hydrogen) atoms. The summed E-state index contributed by atoms with van der Waals surface area (Å²) >= 11 is 0. The first-order valence-electron chi connectivity index (χ1n) is 10.7. The van der Waals surface area contributed by atoms with Crippen LogP contribution in [0.3, 0.4) is 0 Å². The highest BCUT2D eigenvalue weighted by atomic mass is 15.1. The van der Waals surface area contributed by atoms with Crippen molar-refractivity contribution in [2.24, 2.45) is 5.41 Å². The third-order valence-corrected chi connectivity index (χ3v) is 2.96. The van der Waals surface area contributed by atoms with Crippen LogP contribution in [0.25, 0.3) is 10.8 Å². The van der Waals surface area contributed by atoms with Gasteiger partial charge >= 0.3 is 0 Å². The highest BCUT2D eigenvalue weighted by Crippen LogP contribution is 2.19. The van der Waals surface area contributed by atoms with Crippen LogP contribution in [0.15, 0.2) is 54.6 Å². The van der Waals surface area contributed by atoms with Crippen molar-refractivity contribution in [2.45, 2.75) is 27.3 Å². The summed E-state index contributed by atoms with van der Waals surface area (Å²) in [5.41, 5.74) is 0.203. The third kappa shape index (κ3) is 5.06. The molecule has 0 aliphatic heterocycles. The van der Waals surface area contributed by atoms with Gasteiger partial charge < -0.3 is 0 Å². The van der Waals surface area contributed by atoms with Crippen LogP contribution in [0.2, 0.25) is 0 Å². The van der Waals surface area contributed by atoms with E-state index in [0.717, 1.165) is 10.8 Å². The SMILES string of the molecule is [2H]/C(C#CC(C)(C)C)=C(/[2H])C([2H])([2H])N(Cc1cccc2ccccc12)C([2H])([2H])[2H]. The lowest BCUT2D eigenvalue weighted by atomic mass is 9.98. The molecule has 0 aliphatic carbocycles. The summed E-state index contributed by atoms with van der Waals surface area (Å²) in [6.45, 7) is -0.258. The predicted octanol–water partition coefficient (Wildman–Crippen LogP) is 4.88.